The normalized spacial score (nSPS) is 20.4. The van der Waals surface area contributed by atoms with E-state index in [-0.39, 0.29) is 17.5 Å². The van der Waals surface area contributed by atoms with E-state index in [2.05, 4.69) is 21.8 Å². The lowest BCUT2D eigenvalue weighted by Crippen LogP contribution is -2.39. The molecular formula is C12H19N5O2. The number of nitrogen functional groups attached to an aromatic ring is 1. The van der Waals surface area contributed by atoms with E-state index in [0.29, 0.717) is 12.4 Å². The van der Waals surface area contributed by atoms with E-state index < -0.39 is 5.91 Å². The Labute approximate surface area is 111 Å². The lowest BCUT2D eigenvalue weighted by molar-refractivity contribution is -0.0341. The quantitative estimate of drug-likeness (QED) is 0.789. The van der Waals surface area contributed by atoms with Crippen LogP contribution in [0.15, 0.2) is 6.20 Å². The van der Waals surface area contributed by atoms with E-state index in [1.54, 1.807) is 0 Å². The SMILES string of the molecule is CCCN1CCOC(c2ncc(C(N)=O)c(N)n2)C1. The zero-order chi connectivity index (χ0) is 13.8. The summed E-state index contributed by atoms with van der Waals surface area (Å²) in [6, 6.07) is 0. The van der Waals surface area contributed by atoms with Crippen molar-refractivity contribution >= 4 is 11.7 Å². The van der Waals surface area contributed by atoms with E-state index in [9.17, 15) is 4.79 Å². The Hall–Kier alpha value is -1.73. The first kappa shape index (κ1) is 13.7. The summed E-state index contributed by atoms with van der Waals surface area (Å²) in [5.41, 5.74) is 11.0. The summed E-state index contributed by atoms with van der Waals surface area (Å²) < 4.78 is 5.66. The maximum absolute atomic E-state index is 11.1. The van der Waals surface area contributed by atoms with Crippen LogP contribution in [0.4, 0.5) is 5.82 Å². The smallest absolute Gasteiger partial charge is 0.254 e. The minimum absolute atomic E-state index is 0.105. The Kier molecular flexibility index (Phi) is 4.28. The fourth-order valence-electron chi connectivity index (χ4n) is 2.13. The standard InChI is InChI=1S/C12H19N5O2/c1-2-3-17-4-5-19-9(7-17)12-15-6-8(11(14)18)10(13)16-12/h6,9H,2-5,7H2,1H3,(H2,14,18)(H2,13,15,16). The first-order valence-corrected chi connectivity index (χ1v) is 6.38. The maximum atomic E-state index is 11.1. The Morgan fingerprint density at radius 1 is 1.63 bits per heavy atom. The van der Waals surface area contributed by atoms with Crippen molar-refractivity contribution in [1.29, 1.82) is 0 Å². The number of primary amides is 1. The minimum Gasteiger partial charge on any atom is -0.383 e. The topological polar surface area (TPSA) is 107 Å². The van der Waals surface area contributed by atoms with Gasteiger partial charge in [-0.05, 0) is 13.0 Å². The molecule has 4 N–H and O–H groups in total. The van der Waals surface area contributed by atoms with Crippen molar-refractivity contribution in [3.8, 4) is 0 Å². The molecule has 0 aromatic carbocycles. The van der Waals surface area contributed by atoms with Crippen molar-refractivity contribution in [2.45, 2.75) is 19.4 Å². The third-order valence-electron chi connectivity index (χ3n) is 3.08. The molecule has 0 aliphatic carbocycles. The van der Waals surface area contributed by atoms with Gasteiger partial charge < -0.3 is 16.2 Å². The van der Waals surface area contributed by atoms with Gasteiger partial charge in [0, 0.05) is 19.3 Å². The number of morpholine rings is 1. The molecule has 0 spiro atoms. The van der Waals surface area contributed by atoms with Crippen molar-refractivity contribution in [2.24, 2.45) is 5.73 Å². The van der Waals surface area contributed by atoms with Gasteiger partial charge in [-0.3, -0.25) is 9.69 Å². The lowest BCUT2D eigenvalue weighted by atomic mass is 10.2. The number of carbonyl (C=O) groups is 1. The highest BCUT2D eigenvalue weighted by Crippen LogP contribution is 2.20. The Balaban J connectivity index is 2.13. The molecule has 2 rings (SSSR count). The number of ether oxygens (including phenoxy) is 1. The molecule has 0 radical (unpaired) electrons. The average molecular weight is 265 g/mol. The van der Waals surface area contributed by atoms with Crippen LogP contribution in [0.25, 0.3) is 0 Å². The highest BCUT2D eigenvalue weighted by molar-refractivity contribution is 5.96. The zero-order valence-corrected chi connectivity index (χ0v) is 11.0. The number of amides is 1. The fraction of sp³-hybridized carbons (Fsp3) is 0.583. The van der Waals surface area contributed by atoms with Crippen molar-refractivity contribution in [3.63, 3.8) is 0 Å². The molecule has 1 aromatic rings. The second kappa shape index (κ2) is 5.94. The summed E-state index contributed by atoms with van der Waals surface area (Å²) in [6.07, 6.45) is 2.25. The van der Waals surface area contributed by atoms with Gasteiger partial charge in [-0.1, -0.05) is 6.92 Å². The molecule has 2 heterocycles. The Morgan fingerprint density at radius 2 is 2.42 bits per heavy atom. The van der Waals surface area contributed by atoms with Crippen LogP contribution in [0.5, 0.6) is 0 Å². The number of nitrogens with zero attached hydrogens (tertiary/aromatic N) is 3. The predicted octanol–water partition coefficient (Wildman–Crippen LogP) is -0.0590. The highest BCUT2D eigenvalue weighted by atomic mass is 16.5. The lowest BCUT2D eigenvalue weighted by Gasteiger charge is -2.31. The third-order valence-corrected chi connectivity index (χ3v) is 3.08. The van der Waals surface area contributed by atoms with Gasteiger partial charge in [-0.2, -0.15) is 0 Å². The van der Waals surface area contributed by atoms with Gasteiger partial charge >= 0.3 is 0 Å². The van der Waals surface area contributed by atoms with Crippen LogP contribution in [-0.4, -0.2) is 47.0 Å². The van der Waals surface area contributed by atoms with E-state index in [4.69, 9.17) is 16.2 Å². The van der Waals surface area contributed by atoms with Crippen LogP contribution in [0.3, 0.4) is 0 Å². The molecule has 1 atom stereocenters. The summed E-state index contributed by atoms with van der Waals surface area (Å²) in [6.45, 7) is 5.46. The van der Waals surface area contributed by atoms with Gasteiger partial charge in [-0.15, -0.1) is 0 Å². The zero-order valence-electron chi connectivity index (χ0n) is 11.0. The van der Waals surface area contributed by atoms with Crippen LogP contribution in [0.2, 0.25) is 0 Å². The number of anilines is 1. The van der Waals surface area contributed by atoms with Gasteiger partial charge in [0.2, 0.25) is 0 Å². The number of rotatable bonds is 4. The van der Waals surface area contributed by atoms with Gasteiger partial charge in [0.15, 0.2) is 5.82 Å². The molecule has 7 nitrogen and oxygen atoms in total. The van der Waals surface area contributed by atoms with E-state index in [0.717, 1.165) is 26.1 Å². The van der Waals surface area contributed by atoms with Crippen LogP contribution in [0.1, 0.15) is 35.6 Å². The van der Waals surface area contributed by atoms with Crippen LogP contribution in [-0.2, 0) is 4.74 Å². The molecule has 1 amide bonds. The summed E-state index contributed by atoms with van der Waals surface area (Å²) in [5.74, 6) is -0.0155. The summed E-state index contributed by atoms with van der Waals surface area (Å²) in [4.78, 5) is 21.6. The summed E-state index contributed by atoms with van der Waals surface area (Å²) in [5, 5.41) is 0. The first-order chi connectivity index (χ1) is 9.11. The molecule has 1 saturated heterocycles. The van der Waals surface area contributed by atoms with Crippen LogP contribution >= 0.6 is 0 Å². The van der Waals surface area contributed by atoms with Gasteiger partial charge in [0.05, 0.1) is 12.2 Å². The average Bonchev–Trinajstić information content (AvgIpc) is 2.39. The summed E-state index contributed by atoms with van der Waals surface area (Å²) in [7, 11) is 0. The minimum atomic E-state index is -0.624. The van der Waals surface area contributed by atoms with Crippen molar-refractivity contribution in [3.05, 3.63) is 17.6 Å². The third kappa shape index (κ3) is 3.18. The monoisotopic (exact) mass is 265 g/mol. The molecule has 19 heavy (non-hydrogen) atoms. The van der Waals surface area contributed by atoms with Crippen molar-refractivity contribution < 1.29 is 9.53 Å². The number of carbonyl (C=O) groups excluding carboxylic acids is 1. The number of nitrogens with two attached hydrogens (primary N) is 2. The summed E-state index contributed by atoms with van der Waals surface area (Å²) >= 11 is 0. The molecule has 104 valence electrons. The molecule has 0 bridgehead atoms. The van der Waals surface area contributed by atoms with E-state index in [1.165, 1.54) is 6.20 Å². The molecule has 1 aliphatic rings. The first-order valence-electron chi connectivity index (χ1n) is 6.38. The molecule has 1 unspecified atom stereocenters. The van der Waals surface area contributed by atoms with Gasteiger partial charge in [-0.25, -0.2) is 9.97 Å². The number of aromatic nitrogens is 2. The largest absolute Gasteiger partial charge is 0.383 e. The fourth-order valence-corrected chi connectivity index (χ4v) is 2.13. The molecule has 0 saturated carbocycles. The van der Waals surface area contributed by atoms with E-state index in [1.807, 2.05) is 0 Å². The highest BCUT2D eigenvalue weighted by Gasteiger charge is 2.24. The van der Waals surface area contributed by atoms with Crippen LogP contribution in [0, 0.1) is 0 Å². The Morgan fingerprint density at radius 3 is 3.05 bits per heavy atom. The second-order valence-corrected chi connectivity index (χ2v) is 4.55. The number of hydrogen-bond donors (Lipinski definition) is 2. The second-order valence-electron chi connectivity index (χ2n) is 4.55. The van der Waals surface area contributed by atoms with Gasteiger partial charge in [0.1, 0.15) is 11.9 Å². The Bertz CT molecular complexity index is 463. The molecule has 1 fully saturated rings. The predicted molar refractivity (Wildman–Crippen MR) is 70.4 cm³/mol. The van der Waals surface area contributed by atoms with Gasteiger partial charge in [0.25, 0.3) is 5.91 Å². The van der Waals surface area contributed by atoms with Crippen molar-refractivity contribution in [2.75, 3.05) is 32.0 Å². The molecular weight excluding hydrogens is 246 g/mol. The maximum Gasteiger partial charge on any atom is 0.254 e. The van der Waals surface area contributed by atoms with Crippen LogP contribution < -0.4 is 11.5 Å². The van der Waals surface area contributed by atoms with Crippen molar-refractivity contribution in [1.82, 2.24) is 14.9 Å². The molecule has 1 aliphatic heterocycles. The number of hydrogen-bond acceptors (Lipinski definition) is 6. The molecule has 7 heteroatoms. The van der Waals surface area contributed by atoms with E-state index >= 15 is 0 Å². The molecule has 1 aromatic heterocycles.